The van der Waals surface area contributed by atoms with Crippen LogP contribution in [0.2, 0.25) is 0 Å². The standard InChI is InChI=1S/C6H12N2O2S3/c7-5(9)3(11)1-13-2-4(12)6(8)10/h3-4,11-12H,1-2H2,(H2,7,9)(H2,8,10). The van der Waals surface area contributed by atoms with Gasteiger partial charge in [0.1, 0.15) is 0 Å². The van der Waals surface area contributed by atoms with Crippen LogP contribution >= 0.6 is 37.0 Å². The lowest BCUT2D eigenvalue weighted by Gasteiger charge is -2.08. The molecule has 0 aliphatic carbocycles. The molecule has 0 rings (SSSR count). The van der Waals surface area contributed by atoms with E-state index < -0.39 is 22.3 Å². The minimum Gasteiger partial charge on any atom is -0.369 e. The van der Waals surface area contributed by atoms with Gasteiger partial charge in [0.15, 0.2) is 0 Å². The molecule has 0 aromatic rings. The molecule has 0 heterocycles. The Bertz CT molecular complexity index is 180. The molecule has 0 fully saturated rings. The van der Waals surface area contributed by atoms with Gasteiger partial charge in [0.2, 0.25) is 11.8 Å². The third kappa shape index (κ3) is 6.11. The van der Waals surface area contributed by atoms with E-state index in [4.69, 9.17) is 11.5 Å². The molecule has 0 saturated heterocycles. The molecule has 2 atom stereocenters. The normalized spacial score (nSPS) is 14.9. The van der Waals surface area contributed by atoms with Crippen molar-refractivity contribution < 1.29 is 9.59 Å². The lowest BCUT2D eigenvalue weighted by Crippen LogP contribution is -2.28. The summed E-state index contributed by atoms with van der Waals surface area (Å²) in [6.07, 6.45) is 0. The molecule has 2 amide bonds. The number of thioether (sulfide) groups is 1. The summed E-state index contributed by atoms with van der Waals surface area (Å²) in [7, 11) is 0. The monoisotopic (exact) mass is 240 g/mol. The molecular formula is C6H12N2O2S3. The predicted octanol–water partition coefficient (Wildman–Crippen LogP) is -0.713. The summed E-state index contributed by atoms with van der Waals surface area (Å²) in [6, 6.07) is 0. The largest absolute Gasteiger partial charge is 0.369 e. The maximum Gasteiger partial charge on any atom is 0.231 e. The van der Waals surface area contributed by atoms with Crippen molar-refractivity contribution in [3.63, 3.8) is 0 Å². The zero-order valence-corrected chi connectivity index (χ0v) is 9.45. The molecule has 4 N–H and O–H groups in total. The summed E-state index contributed by atoms with van der Waals surface area (Å²) < 4.78 is 0. The summed E-state index contributed by atoms with van der Waals surface area (Å²) >= 11 is 9.26. The second kappa shape index (κ2) is 6.44. The van der Waals surface area contributed by atoms with E-state index >= 15 is 0 Å². The van der Waals surface area contributed by atoms with Crippen molar-refractivity contribution in [1.82, 2.24) is 0 Å². The molecular weight excluding hydrogens is 228 g/mol. The first-order valence-corrected chi connectivity index (χ1v) is 5.66. The lowest BCUT2D eigenvalue weighted by atomic mass is 10.4. The third-order valence-corrected chi connectivity index (χ3v) is 3.71. The van der Waals surface area contributed by atoms with Crippen LogP contribution in [0.4, 0.5) is 0 Å². The molecule has 0 saturated carbocycles. The fourth-order valence-corrected chi connectivity index (χ4v) is 2.00. The van der Waals surface area contributed by atoms with Crippen molar-refractivity contribution in [2.75, 3.05) is 11.5 Å². The van der Waals surface area contributed by atoms with Gasteiger partial charge in [0.25, 0.3) is 0 Å². The number of thiol groups is 2. The first-order chi connectivity index (χ1) is 5.95. The van der Waals surface area contributed by atoms with E-state index in [9.17, 15) is 9.59 Å². The highest BCUT2D eigenvalue weighted by molar-refractivity contribution is 8.01. The van der Waals surface area contributed by atoms with E-state index in [0.29, 0.717) is 11.5 Å². The molecule has 0 bridgehead atoms. The molecule has 0 aliphatic rings. The van der Waals surface area contributed by atoms with Crippen LogP contribution in [-0.2, 0) is 9.59 Å². The maximum absolute atomic E-state index is 10.5. The predicted molar refractivity (Wildman–Crippen MR) is 61.3 cm³/mol. The molecule has 7 heteroatoms. The lowest BCUT2D eigenvalue weighted by molar-refractivity contribution is -0.117. The smallest absolute Gasteiger partial charge is 0.231 e. The van der Waals surface area contributed by atoms with E-state index in [1.165, 1.54) is 11.8 Å². The van der Waals surface area contributed by atoms with Gasteiger partial charge >= 0.3 is 0 Å². The highest BCUT2D eigenvalue weighted by atomic mass is 32.2. The second-order valence-electron chi connectivity index (χ2n) is 2.37. The third-order valence-electron chi connectivity index (χ3n) is 1.21. The van der Waals surface area contributed by atoms with Crippen LogP contribution in [0.1, 0.15) is 0 Å². The van der Waals surface area contributed by atoms with Gasteiger partial charge in [0.05, 0.1) is 10.5 Å². The Labute approximate surface area is 92.0 Å². The van der Waals surface area contributed by atoms with Crippen molar-refractivity contribution in [1.29, 1.82) is 0 Å². The molecule has 2 unspecified atom stereocenters. The Morgan fingerprint density at radius 3 is 1.62 bits per heavy atom. The fraction of sp³-hybridized carbons (Fsp3) is 0.667. The quantitative estimate of drug-likeness (QED) is 0.463. The van der Waals surface area contributed by atoms with Crippen molar-refractivity contribution in [2.45, 2.75) is 10.5 Å². The van der Waals surface area contributed by atoms with Crippen LogP contribution in [0.5, 0.6) is 0 Å². The molecule has 0 spiro atoms. The number of amides is 2. The SMILES string of the molecule is NC(=O)C(S)CSCC(S)C(N)=O. The maximum atomic E-state index is 10.5. The topological polar surface area (TPSA) is 86.2 Å². The van der Waals surface area contributed by atoms with E-state index in [1.807, 2.05) is 0 Å². The Morgan fingerprint density at radius 2 is 1.38 bits per heavy atom. The highest BCUT2D eigenvalue weighted by Gasteiger charge is 2.13. The van der Waals surface area contributed by atoms with Crippen molar-refractivity contribution >= 4 is 48.8 Å². The highest BCUT2D eigenvalue weighted by Crippen LogP contribution is 2.11. The van der Waals surface area contributed by atoms with Gasteiger partial charge in [-0.3, -0.25) is 9.59 Å². The number of nitrogens with two attached hydrogens (primary N) is 2. The van der Waals surface area contributed by atoms with E-state index in [2.05, 4.69) is 25.3 Å². The van der Waals surface area contributed by atoms with E-state index in [-0.39, 0.29) is 0 Å². The summed E-state index contributed by atoms with van der Waals surface area (Å²) in [5, 5.41) is -0.975. The van der Waals surface area contributed by atoms with Crippen LogP contribution in [0, 0.1) is 0 Å². The molecule has 0 aliphatic heterocycles. The number of carbonyl (C=O) groups excluding carboxylic acids is 2. The van der Waals surface area contributed by atoms with Crippen LogP contribution in [-0.4, -0.2) is 33.8 Å². The van der Waals surface area contributed by atoms with Crippen LogP contribution in [0.3, 0.4) is 0 Å². The van der Waals surface area contributed by atoms with Crippen LogP contribution in [0.25, 0.3) is 0 Å². The minimum absolute atomic E-state index is 0.461. The summed E-state index contributed by atoms with van der Waals surface area (Å²) in [6.45, 7) is 0. The first-order valence-electron chi connectivity index (χ1n) is 3.47. The number of hydrogen-bond donors (Lipinski definition) is 4. The average molecular weight is 240 g/mol. The Kier molecular flexibility index (Phi) is 6.44. The summed E-state index contributed by atoms with van der Waals surface area (Å²) in [5.74, 6) is -0.0118. The van der Waals surface area contributed by atoms with Gasteiger partial charge in [-0.05, 0) is 0 Å². The van der Waals surface area contributed by atoms with Crippen molar-refractivity contribution in [3.05, 3.63) is 0 Å². The molecule has 13 heavy (non-hydrogen) atoms. The molecule has 0 aromatic carbocycles. The van der Waals surface area contributed by atoms with E-state index in [0.717, 1.165) is 0 Å². The fourth-order valence-electron chi connectivity index (χ4n) is 0.456. The number of rotatable bonds is 6. The zero-order chi connectivity index (χ0) is 10.4. The Morgan fingerprint density at radius 1 is 1.08 bits per heavy atom. The van der Waals surface area contributed by atoms with Crippen molar-refractivity contribution in [3.8, 4) is 0 Å². The molecule has 4 nitrogen and oxygen atoms in total. The van der Waals surface area contributed by atoms with E-state index in [1.54, 1.807) is 0 Å². The number of hydrogen-bond acceptors (Lipinski definition) is 5. The summed E-state index contributed by atoms with van der Waals surface area (Å²) in [5.41, 5.74) is 9.95. The van der Waals surface area contributed by atoms with Gasteiger partial charge < -0.3 is 11.5 Å². The Balaban J connectivity index is 3.56. The second-order valence-corrected chi connectivity index (χ2v) is 4.70. The van der Waals surface area contributed by atoms with Gasteiger partial charge in [-0.15, -0.1) is 0 Å². The first kappa shape index (κ1) is 13.0. The zero-order valence-electron chi connectivity index (χ0n) is 6.84. The van der Waals surface area contributed by atoms with Gasteiger partial charge in [-0.1, -0.05) is 0 Å². The summed E-state index contributed by atoms with van der Waals surface area (Å²) in [4.78, 5) is 21.1. The van der Waals surface area contributed by atoms with Crippen molar-refractivity contribution in [2.24, 2.45) is 11.5 Å². The van der Waals surface area contributed by atoms with Crippen LogP contribution in [0.15, 0.2) is 0 Å². The van der Waals surface area contributed by atoms with Gasteiger partial charge in [0, 0.05) is 11.5 Å². The minimum atomic E-state index is -0.488. The number of carbonyl (C=O) groups is 2. The number of primary amides is 2. The van der Waals surface area contributed by atoms with Gasteiger partial charge in [-0.2, -0.15) is 37.0 Å². The molecule has 76 valence electrons. The average Bonchev–Trinajstić information content (AvgIpc) is 2.03. The molecule has 0 radical (unpaired) electrons. The molecule has 0 aromatic heterocycles. The van der Waals surface area contributed by atoms with Crippen LogP contribution < -0.4 is 11.5 Å². The Hall–Kier alpha value is -0.0100. The van der Waals surface area contributed by atoms with Gasteiger partial charge in [-0.25, -0.2) is 0 Å².